The molecule has 0 atom stereocenters. The van der Waals surface area contributed by atoms with Crippen LogP contribution in [0.4, 0.5) is 14.9 Å². The van der Waals surface area contributed by atoms with Crippen molar-refractivity contribution in [3.05, 3.63) is 65.0 Å². The highest BCUT2D eigenvalue weighted by atomic mass is 32.2. The highest BCUT2D eigenvalue weighted by Gasteiger charge is 2.33. The zero-order valence-electron chi connectivity index (χ0n) is 20.2. The third-order valence-electron chi connectivity index (χ3n) is 6.54. The third kappa shape index (κ3) is 5.65. The maximum absolute atomic E-state index is 14.0. The van der Waals surface area contributed by atoms with E-state index in [1.165, 1.54) is 10.4 Å². The Balaban J connectivity index is 1.30. The number of urea groups is 1. The SMILES string of the molecule is CC(C)(C)C(=O)NS(=O)(=O)N1CCC(c2ccc(NC(=O)N3Cc4cccc(F)c4C3)cc2)CC1. The zero-order chi connectivity index (χ0) is 25.4. The lowest BCUT2D eigenvalue weighted by atomic mass is 9.90. The average Bonchev–Trinajstić information content (AvgIpc) is 3.25. The van der Waals surface area contributed by atoms with E-state index in [9.17, 15) is 22.4 Å². The van der Waals surface area contributed by atoms with Gasteiger partial charge in [-0.3, -0.25) is 4.79 Å². The predicted molar refractivity (Wildman–Crippen MR) is 131 cm³/mol. The normalized spacial score (nSPS) is 17.2. The van der Waals surface area contributed by atoms with E-state index >= 15 is 0 Å². The summed E-state index contributed by atoms with van der Waals surface area (Å²) in [6, 6.07) is 12.1. The number of halogens is 1. The quantitative estimate of drug-likeness (QED) is 0.661. The Labute approximate surface area is 205 Å². The van der Waals surface area contributed by atoms with Gasteiger partial charge in [-0.1, -0.05) is 45.0 Å². The minimum Gasteiger partial charge on any atom is -0.316 e. The van der Waals surface area contributed by atoms with Crippen molar-refractivity contribution in [2.45, 2.75) is 52.6 Å². The van der Waals surface area contributed by atoms with Gasteiger partial charge in [0.15, 0.2) is 0 Å². The number of hydrogen-bond acceptors (Lipinski definition) is 4. The molecule has 0 radical (unpaired) electrons. The van der Waals surface area contributed by atoms with E-state index in [1.807, 2.05) is 30.3 Å². The summed E-state index contributed by atoms with van der Waals surface area (Å²) in [6.45, 7) is 6.25. The molecule has 0 unspecified atom stereocenters. The fourth-order valence-corrected chi connectivity index (χ4v) is 5.69. The van der Waals surface area contributed by atoms with Gasteiger partial charge in [0.1, 0.15) is 5.82 Å². The van der Waals surface area contributed by atoms with Crippen LogP contribution in [0.2, 0.25) is 0 Å². The number of hydrogen-bond donors (Lipinski definition) is 2. The molecule has 2 aliphatic heterocycles. The van der Waals surface area contributed by atoms with E-state index in [0.29, 0.717) is 43.7 Å². The number of benzene rings is 2. The van der Waals surface area contributed by atoms with Crippen LogP contribution in [0.25, 0.3) is 0 Å². The molecule has 2 heterocycles. The first-order valence-electron chi connectivity index (χ1n) is 11.7. The van der Waals surface area contributed by atoms with Gasteiger partial charge >= 0.3 is 16.2 Å². The van der Waals surface area contributed by atoms with E-state index in [-0.39, 0.29) is 24.3 Å². The summed E-state index contributed by atoms with van der Waals surface area (Å²) in [5, 5.41) is 2.86. The Hall–Kier alpha value is -2.98. The zero-order valence-corrected chi connectivity index (χ0v) is 21.0. The highest BCUT2D eigenvalue weighted by molar-refractivity contribution is 7.87. The van der Waals surface area contributed by atoms with Crippen LogP contribution in [0.15, 0.2) is 42.5 Å². The Kier molecular flexibility index (Phi) is 6.88. The van der Waals surface area contributed by atoms with Crippen LogP contribution in [-0.4, -0.2) is 42.7 Å². The topological polar surface area (TPSA) is 98.8 Å². The van der Waals surface area contributed by atoms with Gasteiger partial charge in [-0.25, -0.2) is 13.9 Å². The first-order valence-corrected chi connectivity index (χ1v) is 13.1. The number of amides is 3. The highest BCUT2D eigenvalue weighted by Crippen LogP contribution is 2.30. The number of anilines is 1. The number of nitrogens with one attached hydrogen (secondary N) is 2. The number of fused-ring (bicyclic) bond motifs is 1. The lowest BCUT2D eigenvalue weighted by molar-refractivity contribution is -0.126. The van der Waals surface area contributed by atoms with Crippen molar-refractivity contribution in [3.63, 3.8) is 0 Å². The van der Waals surface area contributed by atoms with Gasteiger partial charge < -0.3 is 10.2 Å². The fourth-order valence-electron chi connectivity index (χ4n) is 4.33. The molecule has 2 aromatic rings. The van der Waals surface area contributed by atoms with Crippen molar-refractivity contribution >= 4 is 27.8 Å². The number of piperidine rings is 1. The van der Waals surface area contributed by atoms with Crippen LogP contribution < -0.4 is 10.0 Å². The van der Waals surface area contributed by atoms with Crippen molar-refractivity contribution in [2.24, 2.45) is 5.41 Å². The molecule has 2 N–H and O–H groups in total. The van der Waals surface area contributed by atoms with E-state index < -0.39 is 21.5 Å². The number of carbonyl (C=O) groups excluding carboxylic acids is 2. The summed E-state index contributed by atoms with van der Waals surface area (Å²) >= 11 is 0. The molecule has 1 saturated heterocycles. The second-order valence-corrected chi connectivity index (χ2v) is 11.8. The van der Waals surface area contributed by atoms with E-state index in [2.05, 4.69) is 10.0 Å². The molecule has 0 aromatic heterocycles. The molecule has 0 spiro atoms. The Morgan fingerprint density at radius 2 is 1.66 bits per heavy atom. The van der Waals surface area contributed by atoms with Gasteiger partial charge in [0.25, 0.3) is 0 Å². The van der Waals surface area contributed by atoms with Crippen molar-refractivity contribution in [1.82, 2.24) is 13.9 Å². The maximum atomic E-state index is 14.0. The Bertz CT molecular complexity index is 1220. The summed E-state index contributed by atoms with van der Waals surface area (Å²) in [6.07, 6.45) is 1.27. The molecular formula is C25H31FN4O4S. The number of carbonyl (C=O) groups is 2. The average molecular weight is 503 g/mol. The Morgan fingerprint density at radius 1 is 1.00 bits per heavy atom. The van der Waals surface area contributed by atoms with Crippen LogP contribution in [0.3, 0.4) is 0 Å². The first kappa shape index (κ1) is 25.1. The molecule has 0 aliphatic carbocycles. The third-order valence-corrected chi connectivity index (χ3v) is 8.03. The smallest absolute Gasteiger partial charge is 0.316 e. The van der Waals surface area contributed by atoms with Gasteiger partial charge in [0.2, 0.25) is 5.91 Å². The van der Waals surface area contributed by atoms with Crippen LogP contribution in [0.5, 0.6) is 0 Å². The second kappa shape index (κ2) is 9.58. The van der Waals surface area contributed by atoms with Gasteiger partial charge in [0.05, 0.1) is 6.54 Å². The summed E-state index contributed by atoms with van der Waals surface area (Å²) in [5.74, 6) is -0.640. The predicted octanol–water partition coefficient (Wildman–Crippen LogP) is 3.96. The van der Waals surface area contributed by atoms with Gasteiger partial charge in [-0.2, -0.15) is 12.7 Å². The first-order chi connectivity index (χ1) is 16.4. The van der Waals surface area contributed by atoms with Crippen molar-refractivity contribution in [2.75, 3.05) is 18.4 Å². The summed E-state index contributed by atoms with van der Waals surface area (Å²) in [7, 11) is -3.86. The number of rotatable bonds is 4. The fraction of sp³-hybridized carbons (Fsp3) is 0.440. The molecule has 35 heavy (non-hydrogen) atoms. The molecular weight excluding hydrogens is 471 g/mol. The van der Waals surface area contributed by atoms with Crippen LogP contribution in [0.1, 0.15) is 56.2 Å². The molecule has 0 bridgehead atoms. The largest absolute Gasteiger partial charge is 0.322 e. The lowest BCUT2D eigenvalue weighted by Gasteiger charge is -2.32. The van der Waals surface area contributed by atoms with E-state index in [0.717, 1.165) is 11.1 Å². The second-order valence-electron chi connectivity index (χ2n) is 10.1. The Morgan fingerprint density at radius 3 is 2.26 bits per heavy atom. The van der Waals surface area contributed by atoms with Gasteiger partial charge in [-0.15, -0.1) is 0 Å². The van der Waals surface area contributed by atoms with Crippen LogP contribution in [-0.2, 0) is 28.1 Å². The molecule has 188 valence electrons. The molecule has 1 fully saturated rings. The summed E-state index contributed by atoms with van der Waals surface area (Å²) in [4.78, 5) is 26.3. The summed E-state index contributed by atoms with van der Waals surface area (Å²) in [5.41, 5.74) is 2.29. The molecule has 10 heteroatoms. The monoisotopic (exact) mass is 502 g/mol. The number of nitrogens with zero attached hydrogens (tertiary/aromatic N) is 2. The minimum absolute atomic E-state index is 0.181. The standard InChI is InChI=1S/C25H31FN4O4S/c1-25(2,3)23(31)28-35(33,34)30-13-11-18(12-14-30)17-7-9-20(10-8-17)27-24(32)29-15-19-5-4-6-22(26)21(19)16-29/h4-10,18H,11-16H2,1-3H3,(H,27,32)(H,28,31). The lowest BCUT2D eigenvalue weighted by Crippen LogP contribution is -2.49. The van der Waals surface area contributed by atoms with Crippen LogP contribution in [0, 0.1) is 11.2 Å². The molecule has 8 nitrogen and oxygen atoms in total. The van der Waals surface area contributed by atoms with Crippen LogP contribution >= 0.6 is 0 Å². The molecule has 3 amide bonds. The molecule has 2 aliphatic rings. The maximum Gasteiger partial charge on any atom is 0.322 e. The molecule has 4 rings (SSSR count). The van der Waals surface area contributed by atoms with Gasteiger partial charge in [0, 0.05) is 36.3 Å². The van der Waals surface area contributed by atoms with Crippen molar-refractivity contribution < 1.29 is 22.4 Å². The van der Waals surface area contributed by atoms with E-state index in [4.69, 9.17) is 0 Å². The molecule has 0 saturated carbocycles. The van der Waals surface area contributed by atoms with Crippen molar-refractivity contribution in [1.29, 1.82) is 0 Å². The van der Waals surface area contributed by atoms with Crippen molar-refractivity contribution in [3.8, 4) is 0 Å². The molecule has 2 aromatic carbocycles. The van der Waals surface area contributed by atoms with Gasteiger partial charge in [-0.05, 0) is 48.1 Å². The minimum atomic E-state index is -3.86. The van der Waals surface area contributed by atoms with E-state index in [1.54, 1.807) is 31.7 Å². The summed E-state index contributed by atoms with van der Waals surface area (Å²) < 4.78 is 42.6.